The molecule has 1 rings (SSSR count). The molecule has 0 aromatic carbocycles. The minimum atomic E-state index is 0.436. The fraction of sp³-hybridized carbons (Fsp3) is 0.600. The Kier molecular flexibility index (Phi) is 4.57. The zero-order chi connectivity index (χ0) is 9.52. The van der Waals surface area contributed by atoms with E-state index in [4.69, 9.17) is 9.15 Å². The Labute approximate surface area is 79.1 Å². The Hall–Kier alpha value is -0.800. The normalized spacial score (nSPS) is 13.1. The highest BCUT2D eigenvalue weighted by molar-refractivity contribution is 5.00. The van der Waals surface area contributed by atoms with Crippen molar-refractivity contribution in [2.45, 2.75) is 18.9 Å². The lowest BCUT2D eigenvalue weighted by Gasteiger charge is -2.13. The highest BCUT2D eigenvalue weighted by Gasteiger charge is 2.08. The van der Waals surface area contributed by atoms with Crippen LogP contribution in [0.2, 0.25) is 0 Å². The molecule has 74 valence electrons. The maximum Gasteiger partial charge on any atom is 0.105 e. The second-order valence-electron chi connectivity index (χ2n) is 3.05. The molecule has 0 fully saturated rings. The van der Waals surface area contributed by atoms with Crippen LogP contribution in [0.15, 0.2) is 22.8 Å². The summed E-state index contributed by atoms with van der Waals surface area (Å²) in [5.41, 5.74) is 0. The van der Waals surface area contributed by atoms with Crippen molar-refractivity contribution in [2.75, 3.05) is 20.8 Å². The molecule has 1 unspecified atom stereocenters. The van der Waals surface area contributed by atoms with E-state index in [1.807, 2.05) is 19.2 Å². The third kappa shape index (κ3) is 3.61. The van der Waals surface area contributed by atoms with Crippen molar-refractivity contribution in [3.05, 3.63) is 24.2 Å². The minimum absolute atomic E-state index is 0.436. The number of hydrogen-bond acceptors (Lipinski definition) is 3. The third-order valence-electron chi connectivity index (χ3n) is 2.11. The number of furan rings is 1. The zero-order valence-corrected chi connectivity index (χ0v) is 8.25. The number of nitrogens with one attached hydrogen (secondary N) is 1. The molecule has 0 saturated heterocycles. The zero-order valence-electron chi connectivity index (χ0n) is 8.25. The van der Waals surface area contributed by atoms with E-state index in [1.54, 1.807) is 13.4 Å². The van der Waals surface area contributed by atoms with Gasteiger partial charge in [-0.1, -0.05) is 0 Å². The standard InChI is InChI=1S/C10H17NO2/c1-11-9(5-7-12-2)8-10-4-3-6-13-10/h3-4,6,9,11H,5,7-8H2,1-2H3. The highest BCUT2D eigenvalue weighted by Crippen LogP contribution is 2.06. The molecule has 0 saturated carbocycles. The summed E-state index contributed by atoms with van der Waals surface area (Å²) in [4.78, 5) is 0. The monoisotopic (exact) mass is 183 g/mol. The summed E-state index contributed by atoms with van der Waals surface area (Å²) in [6, 6.07) is 4.35. The van der Waals surface area contributed by atoms with Crippen LogP contribution in [0.1, 0.15) is 12.2 Å². The first-order valence-electron chi connectivity index (χ1n) is 4.55. The molecule has 1 heterocycles. The Morgan fingerprint density at radius 1 is 1.62 bits per heavy atom. The van der Waals surface area contributed by atoms with Gasteiger partial charge in [0.15, 0.2) is 0 Å². The molecule has 0 radical (unpaired) electrons. The van der Waals surface area contributed by atoms with Gasteiger partial charge in [0.1, 0.15) is 5.76 Å². The van der Waals surface area contributed by atoms with Crippen molar-refractivity contribution in [3.63, 3.8) is 0 Å². The van der Waals surface area contributed by atoms with E-state index in [2.05, 4.69) is 5.32 Å². The molecule has 3 nitrogen and oxygen atoms in total. The smallest absolute Gasteiger partial charge is 0.105 e. The number of ether oxygens (including phenoxy) is 1. The van der Waals surface area contributed by atoms with Crippen LogP contribution in [-0.2, 0) is 11.2 Å². The highest BCUT2D eigenvalue weighted by atomic mass is 16.5. The first-order valence-corrected chi connectivity index (χ1v) is 4.55. The molecular formula is C10H17NO2. The maximum atomic E-state index is 5.26. The first-order chi connectivity index (χ1) is 6.36. The Morgan fingerprint density at radius 3 is 3.00 bits per heavy atom. The predicted molar refractivity (Wildman–Crippen MR) is 51.8 cm³/mol. The molecule has 1 aromatic heterocycles. The fourth-order valence-corrected chi connectivity index (χ4v) is 1.28. The van der Waals surface area contributed by atoms with Gasteiger partial charge in [-0.3, -0.25) is 0 Å². The minimum Gasteiger partial charge on any atom is -0.469 e. The molecule has 1 aromatic rings. The molecular weight excluding hydrogens is 166 g/mol. The van der Waals surface area contributed by atoms with Crippen LogP contribution in [0.4, 0.5) is 0 Å². The largest absolute Gasteiger partial charge is 0.469 e. The van der Waals surface area contributed by atoms with Gasteiger partial charge in [-0.15, -0.1) is 0 Å². The molecule has 0 spiro atoms. The van der Waals surface area contributed by atoms with Crippen LogP contribution < -0.4 is 5.32 Å². The topological polar surface area (TPSA) is 34.4 Å². The van der Waals surface area contributed by atoms with Gasteiger partial charge in [0.05, 0.1) is 6.26 Å². The molecule has 1 atom stereocenters. The Balaban J connectivity index is 2.31. The van der Waals surface area contributed by atoms with Gasteiger partial charge in [-0.25, -0.2) is 0 Å². The predicted octanol–water partition coefficient (Wildman–Crippen LogP) is 1.45. The fourth-order valence-electron chi connectivity index (χ4n) is 1.28. The number of likely N-dealkylation sites (N-methyl/N-ethyl adjacent to an activating group) is 1. The van der Waals surface area contributed by atoms with Crippen LogP contribution in [-0.4, -0.2) is 26.8 Å². The molecule has 1 N–H and O–H groups in total. The van der Waals surface area contributed by atoms with E-state index in [-0.39, 0.29) is 0 Å². The van der Waals surface area contributed by atoms with Crippen molar-refractivity contribution < 1.29 is 9.15 Å². The lowest BCUT2D eigenvalue weighted by atomic mass is 10.1. The van der Waals surface area contributed by atoms with Gasteiger partial charge in [0, 0.05) is 26.2 Å². The number of rotatable bonds is 6. The maximum absolute atomic E-state index is 5.26. The summed E-state index contributed by atoms with van der Waals surface area (Å²) in [6.07, 6.45) is 3.64. The van der Waals surface area contributed by atoms with Gasteiger partial charge < -0.3 is 14.5 Å². The van der Waals surface area contributed by atoms with Crippen molar-refractivity contribution in [1.29, 1.82) is 0 Å². The van der Waals surface area contributed by atoms with Crippen molar-refractivity contribution in [1.82, 2.24) is 5.32 Å². The van der Waals surface area contributed by atoms with E-state index in [9.17, 15) is 0 Å². The molecule has 0 aliphatic heterocycles. The van der Waals surface area contributed by atoms with Gasteiger partial charge in [-0.2, -0.15) is 0 Å². The summed E-state index contributed by atoms with van der Waals surface area (Å²) in [5, 5.41) is 3.24. The summed E-state index contributed by atoms with van der Waals surface area (Å²) < 4.78 is 10.3. The SMILES string of the molecule is CNC(CCOC)Cc1ccco1. The first kappa shape index (κ1) is 10.3. The molecule has 13 heavy (non-hydrogen) atoms. The Bertz CT molecular complexity index is 209. The summed E-state index contributed by atoms with van der Waals surface area (Å²) >= 11 is 0. The van der Waals surface area contributed by atoms with Gasteiger partial charge in [0.25, 0.3) is 0 Å². The van der Waals surface area contributed by atoms with E-state index in [0.29, 0.717) is 6.04 Å². The summed E-state index contributed by atoms with van der Waals surface area (Å²) in [6.45, 7) is 0.784. The van der Waals surface area contributed by atoms with Crippen molar-refractivity contribution >= 4 is 0 Å². The van der Waals surface area contributed by atoms with Gasteiger partial charge in [-0.05, 0) is 25.6 Å². The van der Waals surface area contributed by atoms with E-state index < -0.39 is 0 Å². The average Bonchev–Trinajstić information content (AvgIpc) is 2.64. The molecule has 3 heteroatoms. The number of methoxy groups -OCH3 is 1. The quantitative estimate of drug-likeness (QED) is 0.724. The van der Waals surface area contributed by atoms with E-state index >= 15 is 0 Å². The lowest BCUT2D eigenvalue weighted by molar-refractivity contribution is 0.183. The average molecular weight is 183 g/mol. The van der Waals surface area contributed by atoms with Gasteiger partial charge >= 0.3 is 0 Å². The van der Waals surface area contributed by atoms with Crippen LogP contribution >= 0.6 is 0 Å². The molecule has 0 aliphatic carbocycles. The van der Waals surface area contributed by atoms with Gasteiger partial charge in [0.2, 0.25) is 0 Å². The second kappa shape index (κ2) is 5.78. The van der Waals surface area contributed by atoms with Crippen LogP contribution in [0, 0.1) is 0 Å². The lowest BCUT2D eigenvalue weighted by Crippen LogP contribution is -2.28. The molecule has 0 amide bonds. The summed E-state index contributed by atoms with van der Waals surface area (Å²) in [7, 11) is 3.68. The van der Waals surface area contributed by atoms with Crippen LogP contribution in [0.3, 0.4) is 0 Å². The summed E-state index contributed by atoms with van der Waals surface area (Å²) in [5.74, 6) is 1.02. The van der Waals surface area contributed by atoms with Crippen molar-refractivity contribution in [3.8, 4) is 0 Å². The van der Waals surface area contributed by atoms with Crippen LogP contribution in [0.5, 0.6) is 0 Å². The van der Waals surface area contributed by atoms with Crippen LogP contribution in [0.25, 0.3) is 0 Å². The molecule has 0 aliphatic rings. The van der Waals surface area contributed by atoms with E-state index in [0.717, 1.165) is 25.2 Å². The number of hydrogen-bond donors (Lipinski definition) is 1. The van der Waals surface area contributed by atoms with Crippen molar-refractivity contribution in [2.24, 2.45) is 0 Å². The molecule has 0 bridgehead atoms. The Morgan fingerprint density at radius 2 is 2.46 bits per heavy atom. The van der Waals surface area contributed by atoms with E-state index in [1.165, 1.54) is 0 Å². The third-order valence-corrected chi connectivity index (χ3v) is 2.11. The second-order valence-corrected chi connectivity index (χ2v) is 3.05.